The van der Waals surface area contributed by atoms with Crippen molar-refractivity contribution in [1.82, 2.24) is 0 Å². The van der Waals surface area contributed by atoms with Crippen LogP contribution in [-0.2, 0) is 14.6 Å². The van der Waals surface area contributed by atoms with Crippen LogP contribution in [0.25, 0.3) is 0 Å². The lowest BCUT2D eigenvalue weighted by molar-refractivity contribution is 0.0435. The number of benzene rings is 2. The van der Waals surface area contributed by atoms with Gasteiger partial charge in [-0.15, -0.1) is 0 Å². The number of aromatic hydroxyl groups is 1. The van der Waals surface area contributed by atoms with Crippen LogP contribution < -0.4 is 18.9 Å². The van der Waals surface area contributed by atoms with Gasteiger partial charge in [0.05, 0.1) is 52.0 Å². The number of hydrogen-bond acceptors (Lipinski definition) is 9. The van der Waals surface area contributed by atoms with Crippen LogP contribution in [0.4, 0.5) is 0 Å². The summed E-state index contributed by atoms with van der Waals surface area (Å²) in [5, 5.41) is 20.4. The summed E-state index contributed by atoms with van der Waals surface area (Å²) in [4.78, 5) is -0.151. The molecule has 0 bridgehead atoms. The van der Waals surface area contributed by atoms with Gasteiger partial charge in [0.2, 0.25) is 5.75 Å². The molecule has 2 aromatic carbocycles. The van der Waals surface area contributed by atoms with Crippen LogP contribution in [0.1, 0.15) is 56.4 Å². The van der Waals surface area contributed by atoms with Crippen LogP contribution >= 0.6 is 0 Å². The first-order chi connectivity index (χ1) is 16.6. The summed E-state index contributed by atoms with van der Waals surface area (Å²) in [6.07, 6.45) is 0.0750. The molecule has 0 aliphatic carbocycles. The highest BCUT2D eigenvalue weighted by Gasteiger charge is 2.32. The smallest absolute Gasteiger partial charge is 0.203 e. The molecule has 2 aromatic rings. The SMILES string of the molecule is CCCOc1c(O)cc([C@@H]2CC[C@@H](c3cc(OC)c(OC)c(OC)c3)O2)cc1S(=O)(=O)CC(C)O. The van der Waals surface area contributed by atoms with E-state index in [9.17, 15) is 18.6 Å². The largest absolute Gasteiger partial charge is 0.504 e. The van der Waals surface area contributed by atoms with Crippen LogP contribution in [0.15, 0.2) is 29.2 Å². The summed E-state index contributed by atoms with van der Waals surface area (Å²) in [5.74, 6) is 0.632. The molecule has 1 aliphatic rings. The fourth-order valence-corrected chi connectivity index (χ4v) is 5.77. The number of methoxy groups -OCH3 is 3. The third-order valence-electron chi connectivity index (χ3n) is 5.75. The topological polar surface area (TPSA) is 121 Å². The maximum atomic E-state index is 13.0. The third-order valence-corrected chi connectivity index (χ3v) is 7.65. The Morgan fingerprint density at radius 3 is 2.03 bits per heavy atom. The summed E-state index contributed by atoms with van der Waals surface area (Å²) in [6.45, 7) is 3.52. The summed E-state index contributed by atoms with van der Waals surface area (Å²) < 4.78 is 54.1. The highest BCUT2D eigenvalue weighted by Crippen LogP contribution is 2.47. The Morgan fingerprint density at radius 2 is 1.54 bits per heavy atom. The molecular formula is C25H34O9S. The lowest BCUT2D eigenvalue weighted by Crippen LogP contribution is -2.19. The monoisotopic (exact) mass is 510 g/mol. The average Bonchev–Trinajstić information content (AvgIpc) is 3.31. The maximum Gasteiger partial charge on any atom is 0.203 e. The van der Waals surface area contributed by atoms with Crippen molar-refractivity contribution in [2.45, 2.75) is 56.3 Å². The predicted molar refractivity (Wildman–Crippen MR) is 130 cm³/mol. The summed E-state index contributed by atoms with van der Waals surface area (Å²) in [5.41, 5.74) is 1.35. The lowest BCUT2D eigenvalue weighted by atomic mass is 10.0. The van der Waals surface area contributed by atoms with Gasteiger partial charge in [-0.25, -0.2) is 8.42 Å². The number of sulfone groups is 1. The Hall–Kier alpha value is -2.69. The maximum absolute atomic E-state index is 13.0. The lowest BCUT2D eigenvalue weighted by Gasteiger charge is -2.20. The highest BCUT2D eigenvalue weighted by molar-refractivity contribution is 7.91. The number of rotatable bonds is 11. The first kappa shape index (κ1) is 26.9. The zero-order valence-corrected chi connectivity index (χ0v) is 21.6. The van der Waals surface area contributed by atoms with Gasteiger partial charge in [-0.05, 0) is 61.6 Å². The molecular weight excluding hydrogens is 476 g/mol. The number of aliphatic hydroxyl groups is 1. The average molecular weight is 511 g/mol. The van der Waals surface area contributed by atoms with Crippen LogP contribution in [0, 0.1) is 0 Å². The van der Waals surface area contributed by atoms with Crippen LogP contribution in [0.5, 0.6) is 28.7 Å². The Morgan fingerprint density at radius 1 is 0.971 bits per heavy atom. The molecule has 3 atom stereocenters. The van der Waals surface area contributed by atoms with Crippen molar-refractivity contribution >= 4 is 9.84 Å². The summed E-state index contributed by atoms with van der Waals surface area (Å²) >= 11 is 0. The van der Waals surface area contributed by atoms with Gasteiger partial charge in [0.25, 0.3) is 0 Å². The molecule has 1 heterocycles. The predicted octanol–water partition coefficient (Wildman–Crippen LogP) is 3.95. The van der Waals surface area contributed by atoms with Gasteiger partial charge in [0.15, 0.2) is 32.8 Å². The fourth-order valence-electron chi connectivity index (χ4n) is 4.20. The molecule has 0 saturated carbocycles. The Bertz CT molecular complexity index is 1100. The minimum absolute atomic E-state index is 0.101. The van der Waals surface area contributed by atoms with Crippen molar-refractivity contribution in [2.75, 3.05) is 33.7 Å². The molecule has 0 aromatic heterocycles. The Balaban J connectivity index is 1.96. The van der Waals surface area contributed by atoms with E-state index in [1.807, 2.05) is 19.1 Å². The van der Waals surface area contributed by atoms with Crippen LogP contribution in [-0.4, -0.2) is 58.4 Å². The third kappa shape index (κ3) is 5.94. The van der Waals surface area contributed by atoms with E-state index in [-0.39, 0.29) is 29.1 Å². The first-order valence-corrected chi connectivity index (χ1v) is 13.2. The molecule has 3 rings (SSSR count). The molecule has 1 fully saturated rings. The van der Waals surface area contributed by atoms with E-state index in [1.165, 1.54) is 26.2 Å². The fraction of sp³-hybridized carbons (Fsp3) is 0.520. The van der Waals surface area contributed by atoms with Crippen LogP contribution in [0.2, 0.25) is 0 Å². The van der Waals surface area contributed by atoms with Crippen molar-refractivity contribution in [1.29, 1.82) is 0 Å². The van der Waals surface area contributed by atoms with E-state index in [1.54, 1.807) is 14.2 Å². The quantitative estimate of drug-likeness (QED) is 0.463. The van der Waals surface area contributed by atoms with E-state index in [2.05, 4.69) is 0 Å². The van der Waals surface area contributed by atoms with Gasteiger partial charge >= 0.3 is 0 Å². The molecule has 1 unspecified atom stereocenters. The van der Waals surface area contributed by atoms with Crippen molar-refractivity contribution in [3.63, 3.8) is 0 Å². The summed E-state index contributed by atoms with van der Waals surface area (Å²) in [7, 11) is 0.692. The highest BCUT2D eigenvalue weighted by atomic mass is 32.2. The summed E-state index contributed by atoms with van der Waals surface area (Å²) in [6, 6.07) is 6.61. The molecule has 0 radical (unpaired) electrons. The molecule has 194 valence electrons. The van der Waals surface area contributed by atoms with E-state index in [0.29, 0.717) is 42.1 Å². The minimum atomic E-state index is -3.92. The normalized spacial score (nSPS) is 18.8. The van der Waals surface area contributed by atoms with Gasteiger partial charge < -0.3 is 33.9 Å². The molecule has 1 saturated heterocycles. The molecule has 0 amide bonds. The minimum Gasteiger partial charge on any atom is -0.504 e. The van der Waals surface area contributed by atoms with Crippen molar-refractivity contribution in [3.05, 3.63) is 35.4 Å². The molecule has 0 spiro atoms. The standard InChI is InChI=1S/C25H34O9S/c1-6-9-33-24-18(27)10-16(13-23(24)35(28,29)14-15(2)26)19-7-8-20(34-19)17-11-21(30-3)25(32-5)22(12-17)31-4/h10-13,15,19-20,26-27H,6-9,14H2,1-5H3/t15?,19-,20-/m0/s1. The number of ether oxygens (including phenoxy) is 5. The zero-order valence-electron chi connectivity index (χ0n) is 20.7. The van der Waals surface area contributed by atoms with Gasteiger partial charge in [0, 0.05) is 0 Å². The first-order valence-electron chi connectivity index (χ1n) is 11.5. The van der Waals surface area contributed by atoms with Gasteiger partial charge in [0.1, 0.15) is 4.90 Å². The number of phenols is 1. The van der Waals surface area contributed by atoms with Gasteiger partial charge in [-0.3, -0.25) is 0 Å². The van der Waals surface area contributed by atoms with E-state index >= 15 is 0 Å². The molecule has 10 heteroatoms. The van der Waals surface area contributed by atoms with Crippen molar-refractivity contribution in [2.24, 2.45) is 0 Å². The Labute approximate surface area is 206 Å². The Kier molecular flexibility index (Phi) is 8.74. The second-order valence-electron chi connectivity index (χ2n) is 8.50. The van der Waals surface area contributed by atoms with Crippen molar-refractivity contribution in [3.8, 4) is 28.7 Å². The second-order valence-corrected chi connectivity index (χ2v) is 10.5. The molecule has 9 nitrogen and oxygen atoms in total. The van der Waals surface area contributed by atoms with Gasteiger partial charge in [-0.1, -0.05) is 6.92 Å². The van der Waals surface area contributed by atoms with Gasteiger partial charge in [-0.2, -0.15) is 0 Å². The molecule has 2 N–H and O–H groups in total. The van der Waals surface area contributed by atoms with E-state index < -0.39 is 27.8 Å². The zero-order chi connectivity index (χ0) is 25.8. The van der Waals surface area contributed by atoms with E-state index in [0.717, 1.165) is 5.56 Å². The van der Waals surface area contributed by atoms with Crippen molar-refractivity contribution < 1.29 is 42.3 Å². The second kappa shape index (κ2) is 11.4. The van der Waals surface area contributed by atoms with Crippen LogP contribution in [0.3, 0.4) is 0 Å². The molecule has 1 aliphatic heterocycles. The van der Waals surface area contributed by atoms with E-state index in [4.69, 9.17) is 23.7 Å². The number of phenolic OH excluding ortho intramolecular Hbond substituents is 1. The number of hydrogen-bond donors (Lipinski definition) is 2. The molecule has 35 heavy (non-hydrogen) atoms. The number of aliphatic hydroxyl groups excluding tert-OH is 1.